The smallest absolute Gasteiger partial charge is 0.326 e. The highest BCUT2D eigenvalue weighted by atomic mass is 19.1. The summed E-state index contributed by atoms with van der Waals surface area (Å²) in [7, 11) is 3.18. The van der Waals surface area contributed by atoms with Crippen LogP contribution in [0.15, 0.2) is 42.7 Å². The van der Waals surface area contributed by atoms with Crippen LogP contribution in [0.25, 0.3) is 0 Å². The van der Waals surface area contributed by atoms with Gasteiger partial charge in [-0.1, -0.05) is 19.1 Å². The lowest BCUT2D eigenvalue weighted by Crippen LogP contribution is -2.49. The molecule has 1 aromatic heterocycles. The van der Waals surface area contributed by atoms with E-state index in [-0.39, 0.29) is 23.7 Å². The summed E-state index contributed by atoms with van der Waals surface area (Å²) >= 11 is 0. The maximum atomic E-state index is 13.5. The van der Waals surface area contributed by atoms with Gasteiger partial charge >= 0.3 is 5.97 Å². The average Bonchev–Trinajstić information content (AvgIpc) is 3.34. The van der Waals surface area contributed by atoms with E-state index in [9.17, 15) is 14.0 Å². The molecule has 1 amide bonds. The molecular weight excluding hydrogens is 375 g/mol. The van der Waals surface area contributed by atoms with Crippen molar-refractivity contribution in [3.05, 3.63) is 54.1 Å². The molecule has 1 fully saturated rings. The van der Waals surface area contributed by atoms with Gasteiger partial charge in [0.05, 0.1) is 19.6 Å². The standard InChI is InChI=1S/C21H27FN4O3/c1-4-21(20(28)29-3)14-17(19(27)23-11-13-26-12-5-10-24-26)18(25(21)2)15-6-8-16(22)9-7-15/h5-10,12,17-18H,4,11,13-14H2,1-3H3,(H,23,27)/t17-,18-,21-/m0/s1. The van der Waals surface area contributed by atoms with E-state index in [1.807, 2.05) is 31.1 Å². The number of rotatable bonds is 7. The van der Waals surface area contributed by atoms with Crippen LogP contribution in [0.5, 0.6) is 0 Å². The summed E-state index contributed by atoms with van der Waals surface area (Å²) in [5.41, 5.74) is -0.113. The monoisotopic (exact) mass is 402 g/mol. The van der Waals surface area contributed by atoms with Gasteiger partial charge in [0.25, 0.3) is 0 Å². The largest absolute Gasteiger partial charge is 0.468 e. The third-order valence-electron chi connectivity index (χ3n) is 5.93. The number of likely N-dealkylation sites (N-methyl/N-ethyl adjacent to an activating group) is 1. The molecule has 0 spiro atoms. The number of ether oxygens (including phenoxy) is 1. The summed E-state index contributed by atoms with van der Waals surface area (Å²) in [4.78, 5) is 27.7. The number of benzene rings is 1. The number of nitrogens with zero attached hydrogens (tertiary/aromatic N) is 3. The zero-order chi connectivity index (χ0) is 21.0. The molecule has 0 bridgehead atoms. The second kappa shape index (κ2) is 8.73. The number of amides is 1. The molecule has 7 nitrogen and oxygen atoms in total. The number of carbonyl (C=O) groups is 2. The first-order valence-electron chi connectivity index (χ1n) is 9.75. The Morgan fingerprint density at radius 1 is 1.34 bits per heavy atom. The van der Waals surface area contributed by atoms with Gasteiger partial charge in [-0.25, -0.2) is 4.39 Å². The van der Waals surface area contributed by atoms with Crippen LogP contribution in [-0.2, 0) is 20.9 Å². The predicted octanol–water partition coefficient (Wildman–Crippen LogP) is 2.15. The Labute approximate surface area is 169 Å². The molecule has 3 atom stereocenters. The molecule has 29 heavy (non-hydrogen) atoms. The van der Waals surface area contributed by atoms with E-state index >= 15 is 0 Å². The third-order valence-corrected chi connectivity index (χ3v) is 5.93. The molecule has 1 aliphatic heterocycles. The molecule has 0 aliphatic carbocycles. The quantitative estimate of drug-likeness (QED) is 0.719. The Morgan fingerprint density at radius 2 is 2.07 bits per heavy atom. The predicted molar refractivity (Wildman–Crippen MR) is 105 cm³/mol. The van der Waals surface area contributed by atoms with E-state index in [2.05, 4.69) is 10.4 Å². The van der Waals surface area contributed by atoms with Crippen LogP contribution < -0.4 is 5.32 Å². The molecule has 0 radical (unpaired) electrons. The van der Waals surface area contributed by atoms with Crippen LogP contribution in [0.2, 0.25) is 0 Å². The van der Waals surface area contributed by atoms with E-state index in [0.29, 0.717) is 25.9 Å². The number of likely N-dealkylation sites (tertiary alicyclic amines) is 1. The van der Waals surface area contributed by atoms with E-state index in [1.54, 1.807) is 23.0 Å². The van der Waals surface area contributed by atoms with Gasteiger partial charge in [-0.3, -0.25) is 19.2 Å². The molecule has 3 rings (SSSR count). The van der Waals surface area contributed by atoms with Gasteiger partial charge in [-0.05, 0) is 43.7 Å². The van der Waals surface area contributed by atoms with E-state index in [0.717, 1.165) is 5.56 Å². The number of halogens is 1. The van der Waals surface area contributed by atoms with Crippen molar-refractivity contribution in [2.24, 2.45) is 5.92 Å². The number of esters is 1. The highest BCUT2D eigenvalue weighted by Gasteiger charge is 2.56. The number of methoxy groups -OCH3 is 1. The van der Waals surface area contributed by atoms with Crippen LogP contribution in [0.1, 0.15) is 31.4 Å². The first-order valence-corrected chi connectivity index (χ1v) is 9.75. The molecule has 0 unspecified atom stereocenters. The highest BCUT2D eigenvalue weighted by Crippen LogP contribution is 2.48. The Hall–Kier alpha value is -2.74. The van der Waals surface area contributed by atoms with Crippen LogP contribution in [0.3, 0.4) is 0 Å². The second-order valence-electron chi connectivity index (χ2n) is 7.35. The third kappa shape index (κ3) is 4.03. The molecule has 2 aromatic rings. The van der Waals surface area contributed by atoms with Crippen LogP contribution in [0, 0.1) is 11.7 Å². The number of hydrogen-bond acceptors (Lipinski definition) is 5. The first-order chi connectivity index (χ1) is 13.9. The average molecular weight is 402 g/mol. The van der Waals surface area contributed by atoms with Crippen molar-refractivity contribution in [1.82, 2.24) is 20.0 Å². The van der Waals surface area contributed by atoms with Gasteiger partial charge in [0, 0.05) is 25.0 Å². The Morgan fingerprint density at radius 3 is 2.66 bits per heavy atom. The fraction of sp³-hybridized carbons (Fsp3) is 0.476. The zero-order valence-electron chi connectivity index (χ0n) is 17.0. The Kier molecular flexibility index (Phi) is 6.32. The van der Waals surface area contributed by atoms with Crippen LogP contribution >= 0.6 is 0 Å². The molecule has 1 N–H and O–H groups in total. The molecule has 156 valence electrons. The first kappa shape index (κ1) is 21.0. The van der Waals surface area contributed by atoms with Crippen molar-refractivity contribution < 1.29 is 18.7 Å². The van der Waals surface area contributed by atoms with Crippen LogP contribution in [0.4, 0.5) is 4.39 Å². The van der Waals surface area contributed by atoms with E-state index in [1.165, 1.54) is 19.2 Å². The molecule has 2 heterocycles. The SMILES string of the molecule is CC[C@@]1(C(=O)OC)C[C@H](C(=O)NCCn2cccn2)[C@H](c2ccc(F)cc2)N1C. The Balaban J connectivity index is 1.85. The van der Waals surface area contributed by atoms with Gasteiger partial charge < -0.3 is 10.1 Å². The van der Waals surface area contributed by atoms with Crippen molar-refractivity contribution in [3.8, 4) is 0 Å². The summed E-state index contributed by atoms with van der Waals surface area (Å²) in [5.74, 6) is -1.31. The van der Waals surface area contributed by atoms with Gasteiger partial charge in [0.2, 0.25) is 5.91 Å². The zero-order valence-corrected chi connectivity index (χ0v) is 17.0. The minimum Gasteiger partial charge on any atom is -0.468 e. The normalized spacial score (nSPS) is 24.4. The van der Waals surface area contributed by atoms with Gasteiger partial charge in [0.1, 0.15) is 11.4 Å². The van der Waals surface area contributed by atoms with Gasteiger partial charge in [-0.2, -0.15) is 5.10 Å². The summed E-state index contributed by atoms with van der Waals surface area (Å²) in [6.07, 6.45) is 4.35. The lowest BCUT2D eigenvalue weighted by atomic mass is 9.87. The fourth-order valence-electron chi connectivity index (χ4n) is 4.32. The lowest BCUT2D eigenvalue weighted by molar-refractivity contribution is -0.153. The fourth-order valence-corrected chi connectivity index (χ4v) is 4.32. The van der Waals surface area contributed by atoms with Gasteiger partial charge in [0.15, 0.2) is 0 Å². The summed E-state index contributed by atoms with van der Waals surface area (Å²) in [6, 6.07) is 7.55. The van der Waals surface area contributed by atoms with Crippen molar-refractivity contribution in [2.45, 2.75) is 37.9 Å². The van der Waals surface area contributed by atoms with Crippen molar-refractivity contribution in [1.29, 1.82) is 0 Å². The molecule has 1 aromatic carbocycles. The number of carbonyl (C=O) groups excluding carboxylic acids is 2. The maximum absolute atomic E-state index is 13.5. The molecule has 1 aliphatic rings. The minimum absolute atomic E-state index is 0.141. The molecular formula is C21H27FN4O3. The Bertz CT molecular complexity index is 840. The lowest BCUT2D eigenvalue weighted by Gasteiger charge is -2.35. The molecule has 0 saturated carbocycles. The van der Waals surface area contributed by atoms with Gasteiger partial charge in [-0.15, -0.1) is 0 Å². The minimum atomic E-state index is -0.905. The van der Waals surface area contributed by atoms with E-state index in [4.69, 9.17) is 4.74 Å². The number of hydrogen-bond donors (Lipinski definition) is 1. The molecule has 1 saturated heterocycles. The maximum Gasteiger partial charge on any atom is 0.326 e. The van der Waals surface area contributed by atoms with Crippen molar-refractivity contribution in [3.63, 3.8) is 0 Å². The summed E-state index contributed by atoms with van der Waals surface area (Å²) in [5, 5.41) is 7.09. The number of aromatic nitrogens is 2. The van der Waals surface area contributed by atoms with Crippen molar-refractivity contribution >= 4 is 11.9 Å². The summed E-state index contributed by atoms with van der Waals surface area (Å²) in [6.45, 7) is 2.89. The highest BCUT2D eigenvalue weighted by molar-refractivity contribution is 5.86. The second-order valence-corrected chi connectivity index (χ2v) is 7.35. The topological polar surface area (TPSA) is 76.5 Å². The number of nitrogens with one attached hydrogen (secondary N) is 1. The summed E-state index contributed by atoms with van der Waals surface area (Å²) < 4.78 is 20.3. The molecule has 8 heteroatoms. The van der Waals surface area contributed by atoms with Crippen molar-refractivity contribution in [2.75, 3.05) is 20.7 Å². The van der Waals surface area contributed by atoms with Crippen LogP contribution in [-0.4, -0.2) is 52.8 Å². The van der Waals surface area contributed by atoms with E-state index < -0.39 is 11.5 Å².